The van der Waals surface area contributed by atoms with Crippen molar-refractivity contribution in [1.29, 1.82) is 0 Å². The minimum Gasteiger partial charge on any atom is -0.353 e. The Kier molecular flexibility index (Phi) is 9.86. The number of rotatable bonds is 11. The van der Waals surface area contributed by atoms with Crippen LogP contribution in [0, 0.1) is 11.8 Å². The van der Waals surface area contributed by atoms with Crippen LogP contribution in [0.4, 0.5) is 0 Å². The molecule has 1 unspecified atom stereocenters. The molecule has 3 aliphatic rings. The lowest BCUT2D eigenvalue weighted by Gasteiger charge is -2.39. The molecule has 2 aliphatic heterocycles. The molecule has 0 aromatic carbocycles. The molecule has 0 aromatic rings. The molecule has 3 rings (SSSR count). The first-order valence-corrected chi connectivity index (χ1v) is 11.7. The number of unbranched alkanes of at least 4 members (excludes halogenated alkanes) is 5. The van der Waals surface area contributed by atoms with Gasteiger partial charge in [0.2, 0.25) is 0 Å². The van der Waals surface area contributed by atoms with Crippen LogP contribution in [-0.2, 0) is 14.2 Å². The van der Waals surface area contributed by atoms with Crippen LogP contribution in [0.2, 0.25) is 0 Å². The second-order valence-corrected chi connectivity index (χ2v) is 8.71. The molecule has 3 fully saturated rings. The van der Waals surface area contributed by atoms with Crippen molar-refractivity contribution in [3.05, 3.63) is 0 Å². The normalized spacial score (nSPS) is 34.8. The van der Waals surface area contributed by atoms with Gasteiger partial charge < -0.3 is 14.2 Å². The molecule has 0 spiro atoms. The van der Waals surface area contributed by atoms with Gasteiger partial charge >= 0.3 is 0 Å². The lowest BCUT2D eigenvalue weighted by Crippen LogP contribution is -2.55. The summed E-state index contributed by atoms with van der Waals surface area (Å²) in [6.45, 7) is 6.17. The average Bonchev–Trinajstić information content (AvgIpc) is 3.21. The molecular formula is C22H42N2O3. The maximum atomic E-state index is 6.12. The van der Waals surface area contributed by atoms with Crippen LogP contribution in [0.25, 0.3) is 0 Å². The molecule has 1 atom stereocenters. The van der Waals surface area contributed by atoms with Crippen LogP contribution in [0.5, 0.6) is 0 Å². The van der Waals surface area contributed by atoms with Gasteiger partial charge in [0.15, 0.2) is 12.6 Å². The minimum absolute atomic E-state index is 0.0519. The molecule has 5 heteroatoms. The van der Waals surface area contributed by atoms with Crippen molar-refractivity contribution >= 4 is 0 Å². The molecular weight excluding hydrogens is 340 g/mol. The van der Waals surface area contributed by atoms with Crippen molar-refractivity contribution in [2.75, 3.05) is 26.3 Å². The van der Waals surface area contributed by atoms with Crippen LogP contribution in [-0.4, -0.2) is 45.0 Å². The summed E-state index contributed by atoms with van der Waals surface area (Å²) in [5.41, 5.74) is 0. The van der Waals surface area contributed by atoms with E-state index in [1.54, 1.807) is 0 Å². The van der Waals surface area contributed by atoms with Crippen molar-refractivity contribution in [3.8, 4) is 0 Å². The molecule has 0 amide bonds. The van der Waals surface area contributed by atoms with Gasteiger partial charge in [0.25, 0.3) is 0 Å². The van der Waals surface area contributed by atoms with E-state index in [0.717, 1.165) is 51.0 Å². The van der Waals surface area contributed by atoms with Crippen molar-refractivity contribution in [3.63, 3.8) is 0 Å². The first-order valence-electron chi connectivity index (χ1n) is 11.7. The van der Waals surface area contributed by atoms with E-state index in [4.69, 9.17) is 14.2 Å². The molecule has 0 radical (unpaired) electrons. The zero-order valence-corrected chi connectivity index (χ0v) is 17.4. The standard InChI is InChI=1S/C22H42N2O3/c1-2-3-4-5-6-7-14-26-22-23-16-19(17-24-22)18-10-12-20(13-11-18)27-21-9-8-15-25-21/h18-24H,2-17H2,1H3. The van der Waals surface area contributed by atoms with E-state index in [1.807, 2.05) is 0 Å². The third kappa shape index (κ3) is 7.62. The Morgan fingerprint density at radius 2 is 1.59 bits per heavy atom. The summed E-state index contributed by atoms with van der Waals surface area (Å²) in [6.07, 6.45) is 15.6. The van der Waals surface area contributed by atoms with Crippen molar-refractivity contribution in [2.45, 2.75) is 103 Å². The number of ether oxygens (including phenoxy) is 3. The molecule has 2 heterocycles. The Hall–Kier alpha value is -0.200. The summed E-state index contributed by atoms with van der Waals surface area (Å²) < 4.78 is 17.7. The molecule has 2 N–H and O–H groups in total. The van der Waals surface area contributed by atoms with Gasteiger partial charge in [-0.2, -0.15) is 0 Å². The summed E-state index contributed by atoms with van der Waals surface area (Å²) in [5, 5.41) is 7.13. The van der Waals surface area contributed by atoms with Gasteiger partial charge in [-0.05, 0) is 50.4 Å². The van der Waals surface area contributed by atoms with Gasteiger partial charge in [0.1, 0.15) is 0 Å². The number of hydrogen-bond donors (Lipinski definition) is 2. The quantitative estimate of drug-likeness (QED) is 0.525. The zero-order chi connectivity index (χ0) is 18.7. The molecule has 27 heavy (non-hydrogen) atoms. The maximum absolute atomic E-state index is 6.12. The molecule has 0 bridgehead atoms. The summed E-state index contributed by atoms with van der Waals surface area (Å²) in [4.78, 5) is 0. The smallest absolute Gasteiger partial charge is 0.163 e. The Balaban J connectivity index is 1.21. The summed E-state index contributed by atoms with van der Waals surface area (Å²) >= 11 is 0. The fourth-order valence-corrected chi connectivity index (χ4v) is 4.76. The van der Waals surface area contributed by atoms with E-state index in [2.05, 4.69) is 17.6 Å². The highest BCUT2D eigenvalue weighted by molar-refractivity contribution is 4.84. The van der Waals surface area contributed by atoms with Crippen molar-refractivity contribution in [1.82, 2.24) is 10.6 Å². The third-order valence-corrected chi connectivity index (χ3v) is 6.53. The fraction of sp³-hybridized carbons (Fsp3) is 1.00. The molecule has 1 aliphatic carbocycles. The molecule has 158 valence electrons. The van der Waals surface area contributed by atoms with E-state index < -0.39 is 0 Å². The van der Waals surface area contributed by atoms with Gasteiger partial charge in [0, 0.05) is 26.1 Å². The largest absolute Gasteiger partial charge is 0.353 e. The monoisotopic (exact) mass is 382 g/mol. The highest BCUT2D eigenvalue weighted by Gasteiger charge is 2.32. The second-order valence-electron chi connectivity index (χ2n) is 8.71. The van der Waals surface area contributed by atoms with Crippen LogP contribution >= 0.6 is 0 Å². The van der Waals surface area contributed by atoms with Gasteiger partial charge in [0.05, 0.1) is 12.7 Å². The van der Waals surface area contributed by atoms with Crippen LogP contribution in [0.15, 0.2) is 0 Å². The highest BCUT2D eigenvalue weighted by Crippen LogP contribution is 2.33. The summed E-state index contributed by atoms with van der Waals surface area (Å²) in [5.74, 6) is 1.54. The Morgan fingerprint density at radius 1 is 0.852 bits per heavy atom. The third-order valence-electron chi connectivity index (χ3n) is 6.53. The zero-order valence-electron chi connectivity index (χ0n) is 17.4. The van der Waals surface area contributed by atoms with E-state index >= 15 is 0 Å². The van der Waals surface area contributed by atoms with E-state index in [1.165, 1.54) is 64.2 Å². The summed E-state index contributed by atoms with van der Waals surface area (Å²) in [7, 11) is 0. The first kappa shape index (κ1) is 21.5. The molecule has 2 saturated heterocycles. The van der Waals surface area contributed by atoms with E-state index in [9.17, 15) is 0 Å². The minimum atomic E-state index is 0.0519. The van der Waals surface area contributed by atoms with Gasteiger partial charge in [-0.15, -0.1) is 0 Å². The van der Waals surface area contributed by atoms with Crippen LogP contribution < -0.4 is 10.6 Å². The average molecular weight is 383 g/mol. The number of hydrogen-bond acceptors (Lipinski definition) is 5. The topological polar surface area (TPSA) is 51.8 Å². The first-order chi connectivity index (χ1) is 13.3. The van der Waals surface area contributed by atoms with E-state index in [-0.39, 0.29) is 12.6 Å². The van der Waals surface area contributed by atoms with Gasteiger partial charge in [-0.3, -0.25) is 10.6 Å². The Bertz CT molecular complexity index is 374. The second kappa shape index (κ2) is 12.4. The number of nitrogens with one attached hydrogen (secondary N) is 2. The van der Waals surface area contributed by atoms with Gasteiger partial charge in [-0.25, -0.2) is 0 Å². The van der Waals surface area contributed by atoms with Crippen LogP contribution in [0.3, 0.4) is 0 Å². The predicted octanol–water partition coefficient (Wildman–Crippen LogP) is 4.17. The van der Waals surface area contributed by atoms with E-state index in [0.29, 0.717) is 6.10 Å². The maximum Gasteiger partial charge on any atom is 0.163 e. The fourth-order valence-electron chi connectivity index (χ4n) is 4.76. The Morgan fingerprint density at radius 3 is 2.30 bits per heavy atom. The van der Waals surface area contributed by atoms with Crippen LogP contribution in [0.1, 0.15) is 84.0 Å². The van der Waals surface area contributed by atoms with Crippen molar-refractivity contribution < 1.29 is 14.2 Å². The Labute approximate surface area is 166 Å². The summed E-state index contributed by atoms with van der Waals surface area (Å²) in [6, 6.07) is 0. The van der Waals surface area contributed by atoms with Crippen molar-refractivity contribution in [2.24, 2.45) is 11.8 Å². The SMILES string of the molecule is CCCCCCCCOC1NCC(C2CCC(OC3CCCO3)CC2)CN1. The predicted molar refractivity (Wildman–Crippen MR) is 108 cm³/mol. The highest BCUT2D eigenvalue weighted by atomic mass is 16.7. The lowest BCUT2D eigenvalue weighted by atomic mass is 9.78. The van der Waals surface area contributed by atoms with Gasteiger partial charge in [-0.1, -0.05) is 39.0 Å². The molecule has 5 nitrogen and oxygen atoms in total. The molecule has 1 saturated carbocycles. The molecule has 0 aromatic heterocycles. The lowest BCUT2D eigenvalue weighted by molar-refractivity contribution is -0.154.